The first-order valence-corrected chi connectivity index (χ1v) is 8.49. The summed E-state index contributed by atoms with van der Waals surface area (Å²) in [4.78, 5) is 23.4. The van der Waals surface area contributed by atoms with Crippen LogP contribution in [0.15, 0.2) is 10.7 Å². The highest BCUT2D eigenvalue weighted by atomic mass is 79.9. The predicted octanol–water partition coefficient (Wildman–Crippen LogP) is 2.76. The van der Waals surface area contributed by atoms with Gasteiger partial charge in [0.2, 0.25) is 11.6 Å². The van der Waals surface area contributed by atoms with E-state index in [4.69, 9.17) is 0 Å². The minimum Gasteiger partial charge on any atom is -0.338 e. The summed E-state index contributed by atoms with van der Waals surface area (Å²) >= 11 is 3.33. The molecule has 1 amide bonds. The average molecular weight is 453 g/mol. The Morgan fingerprint density at radius 3 is 2.48 bits per heavy atom. The molecule has 0 saturated heterocycles. The SMILES string of the molecule is CCn1cc(Br)c(CN(C)C(=O)Cn2nc(C(F)(F)F)c([N+](=O)[O-])c2C)n1. The number of likely N-dealkylation sites (N-methyl/N-ethyl adjacent to an activating group) is 1. The lowest BCUT2D eigenvalue weighted by molar-refractivity contribution is -0.388. The number of hydrogen-bond donors (Lipinski definition) is 0. The van der Waals surface area contributed by atoms with Crippen LogP contribution < -0.4 is 0 Å². The minimum absolute atomic E-state index is 0.112. The van der Waals surface area contributed by atoms with Crippen molar-refractivity contribution in [1.82, 2.24) is 24.5 Å². The predicted molar refractivity (Wildman–Crippen MR) is 90.7 cm³/mol. The van der Waals surface area contributed by atoms with E-state index >= 15 is 0 Å². The summed E-state index contributed by atoms with van der Waals surface area (Å²) in [6.07, 6.45) is -3.25. The zero-order valence-electron chi connectivity index (χ0n) is 14.6. The third-order valence-electron chi connectivity index (χ3n) is 3.83. The molecule has 0 radical (unpaired) electrons. The maximum absolute atomic E-state index is 13.0. The number of nitrogens with zero attached hydrogens (tertiary/aromatic N) is 6. The molecule has 13 heteroatoms. The van der Waals surface area contributed by atoms with E-state index < -0.39 is 34.9 Å². The fraction of sp³-hybridized carbons (Fsp3) is 0.500. The highest BCUT2D eigenvalue weighted by Gasteiger charge is 2.44. The van der Waals surface area contributed by atoms with Crippen LogP contribution in [0.2, 0.25) is 0 Å². The molecule has 0 N–H and O–H groups in total. The van der Waals surface area contributed by atoms with E-state index in [2.05, 4.69) is 26.1 Å². The molecule has 0 bridgehead atoms. The first-order chi connectivity index (χ1) is 12.5. The van der Waals surface area contributed by atoms with E-state index in [1.54, 1.807) is 10.9 Å². The Labute approximate surface area is 160 Å². The molecule has 0 fully saturated rings. The van der Waals surface area contributed by atoms with Crippen LogP contribution in [-0.2, 0) is 30.6 Å². The van der Waals surface area contributed by atoms with Crippen LogP contribution in [0.25, 0.3) is 0 Å². The van der Waals surface area contributed by atoms with Crippen molar-refractivity contribution in [2.24, 2.45) is 0 Å². The molecule has 0 unspecified atom stereocenters. The van der Waals surface area contributed by atoms with Gasteiger partial charge >= 0.3 is 11.9 Å². The maximum atomic E-state index is 13.0. The standard InChI is InChI=1S/C14H16BrF3N6O3/c1-4-22-5-9(15)10(19-22)6-21(3)11(25)7-23-8(2)12(24(26)27)13(20-23)14(16,17)18/h5H,4,6-7H2,1-3H3. The lowest BCUT2D eigenvalue weighted by Gasteiger charge is -2.16. The molecular weight excluding hydrogens is 437 g/mol. The van der Waals surface area contributed by atoms with E-state index in [9.17, 15) is 28.1 Å². The molecule has 27 heavy (non-hydrogen) atoms. The molecule has 9 nitrogen and oxygen atoms in total. The number of amides is 1. The summed E-state index contributed by atoms with van der Waals surface area (Å²) < 4.78 is 42.0. The fourth-order valence-corrected chi connectivity index (χ4v) is 2.81. The van der Waals surface area contributed by atoms with Gasteiger partial charge in [-0.05, 0) is 29.8 Å². The zero-order valence-corrected chi connectivity index (χ0v) is 16.2. The van der Waals surface area contributed by atoms with E-state index in [1.807, 2.05) is 6.92 Å². The number of carbonyl (C=O) groups is 1. The fourth-order valence-electron chi connectivity index (χ4n) is 2.37. The van der Waals surface area contributed by atoms with Crippen molar-refractivity contribution >= 4 is 27.5 Å². The summed E-state index contributed by atoms with van der Waals surface area (Å²) in [5, 5.41) is 18.5. The van der Waals surface area contributed by atoms with Gasteiger partial charge in [-0.1, -0.05) is 0 Å². The van der Waals surface area contributed by atoms with Crippen LogP contribution in [-0.4, -0.2) is 42.3 Å². The average Bonchev–Trinajstić information content (AvgIpc) is 3.07. The van der Waals surface area contributed by atoms with Crippen LogP contribution in [0, 0.1) is 17.0 Å². The van der Waals surface area contributed by atoms with Gasteiger partial charge in [-0.25, -0.2) is 0 Å². The Balaban J connectivity index is 2.22. The van der Waals surface area contributed by atoms with Crippen LogP contribution in [0.4, 0.5) is 18.9 Å². The number of aromatic nitrogens is 4. The number of rotatable bonds is 6. The van der Waals surface area contributed by atoms with Crippen molar-refractivity contribution in [2.45, 2.75) is 39.7 Å². The summed E-state index contributed by atoms with van der Waals surface area (Å²) in [5.41, 5.74) is -2.54. The Morgan fingerprint density at radius 2 is 2.04 bits per heavy atom. The second kappa shape index (κ2) is 7.66. The van der Waals surface area contributed by atoms with Crippen molar-refractivity contribution < 1.29 is 22.9 Å². The van der Waals surface area contributed by atoms with Crippen LogP contribution >= 0.6 is 15.9 Å². The van der Waals surface area contributed by atoms with Crippen LogP contribution in [0.3, 0.4) is 0 Å². The Hall–Kier alpha value is -2.44. The summed E-state index contributed by atoms with van der Waals surface area (Å²) in [5.74, 6) is -0.567. The lowest BCUT2D eigenvalue weighted by atomic mass is 10.3. The van der Waals surface area contributed by atoms with Gasteiger partial charge in [-0.3, -0.25) is 24.3 Å². The third-order valence-corrected chi connectivity index (χ3v) is 4.50. The van der Waals surface area contributed by atoms with Gasteiger partial charge in [-0.15, -0.1) is 0 Å². The zero-order chi connectivity index (χ0) is 20.5. The molecule has 2 rings (SSSR count). The van der Waals surface area contributed by atoms with Gasteiger partial charge < -0.3 is 4.90 Å². The molecule has 0 spiro atoms. The quantitative estimate of drug-likeness (QED) is 0.495. The molecule has 2 aromatic rings. The van der Waals surface area contributed by atoms with E-state index in [0.29, 0.717) is 21.4 Å². The van der Waals surface area contributed by atoms with Gasteiger partial charge in [-0.2, -0.15) is 23.4 Å². The highest BCUT2D eigenvalue weighted by molar-refractivity contribution is 9.10. The monoisotopic (exact) mass is 452 g/mol. The summed E-state index contributed by atoms with van der Waals surface area (Å²) in [7, 11) is 1.46. The smallest absolute Gasteiger partial charge is 0.338 e. The molecule has 0 aliphatic carbocycles. The normalized spacial score (nSPS) is 11.7. The minimum atomic E-state index is -4.99. The van der Waals surface area contributed by atoms with Gasteiger partial charge in [0.25, 0.3) is 0 Å². The van der Waals surface area contributed by atoms with Crippen molar-refractivity contribution in [3.63, 3.8) is 0 Å². The van der Waals surface area contributed by atoms with Crippen LogP contribution in [0.1, 0.15) is 24.0 Å². The number of carbonyl (C=O) groups excluding carboxylic acids is 1. The van der Waals surface area contributed by atoms with E-state index in [-0.39, 0.29) is 12.2 Å². The Kier molecular flexibility index (Phi) is 5.92. The van der Waals surface area contributed by atoms with Crippen molar-refractivity contribution in [1.29, 1.82) is 0 Å². The molecule has 0 saturated carbocycles. The number of aryl methyl sites for hydroxylation is 1. The Bertz CT molecular complexity index is 876. The van der Waals surface area contributed by atoms with Crippen molar-refractivity contribution in [3.05, 3.63) is 37.9 Å². The molecule has 148 valence electrons. The van der Waals surface area contributed by atoms with Crippen LogP contribution in [0.5, 0.6) is 0 Å². The largest absolute Gasteiger partial charge is 0.442 e. The van der Waals surface area contributed by atoms with Gasteiger partial charge in [0.05, 0.1) is 21.6 Å². The molecule has 0 aromatic carbocycles. The number of nitro groups is 1. The first kappa shape index (κ1) is 20.9. The molecule has 0 aliphatic heterocycles. The first-order valence-electron chi connectivity index (χ1n) is 7.70. The van der Waals surface area contributed by atoms with Gasteiger partial charge in [0.15, 0.2) is 0 Å². The summed E-state index contributed by atoms with van der Waals surface area (Å²) in [6, 6.07) is 0. The highest BCUT2D eigenvalue weighted by Crippen LogP contribution is 2.36. The topological polar surface area (TPSA) is 99.1 Å². The molecule has 0 aliphatic rings. The van der Waals surface area contributed by atoms with Gasteiger partial charge in [0.1, 0.15) is 12.2 Å². The molecule has 0 atom stereocenters. The number of halogens is 4. The van der Waals surface area contributed by atoms with Crippen molar-refractivity contribution in [3.8, 4) is 0 Å². The van der Waals surface area contributed by atoms with Crippen molar-refractivity contribution in [2.75, 3.05) is 7.05 Å². The Morgan fingerprint density at radius 1 is 1.41 bits per heavy atom. The number of alkyl halides is 3. The second-order valence-electron chi connectivity index (χ2n) is 5.72. The van der Waals surface area contributed by atoms with E-state index in [0.717, 1.165) is 6.92 Å². The summed E-state index contributed by atoms with van der Waals surface area (Å²) in [6.45, 7) is 3.19. The van der Waals surface area contributed by atoms with Gasteiger partial charge in [0, 0.05) is 19.8 Å². The molecule has 2 heterocycles. The lowest BCUT2D eigenvalue weighted by Crippen LogP contribution is -2.31. The maximum Gasteiger partial charge on any atom is 0.442 e. The molecular formula is C14H16BrF3N6O3. The number of hydrogen-bond acceptors (Lipinski definition) is 5. The second-order valence-corrected chi connectivity index (χ2v) is 6.58. The third kappa shape index (κ3) is 4.46. The van der Waals surface area contributed by atoms with E-state index in [1.165, 1.54) is 11.9 Å². The molecule has 2 aromatic heterocycles.